The van der Waals surface area contributed by atoms with Gasteiger partial charge in [0.1, 0.15) is 12.6 Å². The van der Waals surface area contributed by atoms with Gasteiger partial charge in [0.15, 0.2) is 5.75 Å². The van der Waals surface area contributed by atoms with Crippen molar-refractivity contribution in [1.82, 2.24) is 4.90 Å². The Morgan fingerprint density at radius 2 is 1.82 bits per heavy atom. The number of nitro groups is 1. The van der Waals surface area contributed by atoms with Crippen LogP contribution in [0.15, 0.2) is 41.3 Å². The van der Waals surface area contributed by atoms with Crippen LogP contribution in [0.4, 0.5) is 10.5 Å². The molecular weight excluding hydrogens is 495 g/mol. The fourth-order valence-electron chi connectivity index (χ4n) is 2.91. The molecule has 1 heterocycles. The summed E-state index contributed by atoms with van der Waals surface area (Å²) < 4.78 is 10.3. The van der Waals surface area contributed by atoms with E-state index in [4.69, 9.17) is 27.9 Å². The second-order valence-electron chi connectivity index (χ2n) is 6.78. The summed E-state index contributed by atoms with van der Waals surface area (Å²) in [5, 5.41) is 10.5. The second kappa shape index (κ2) is 10.2. The standard InChI is InChI=1S/C21H16Cl2N2O7S/c1-11(20(27)31-2)24-19(26)17(33-21(24)28)9-13-7-15(22)18(16(23)8-13)32-10-12-3-5-14(6-4-12)25(29)30/h3-9,11H,10H2,1-2H3/b17-9+/t11-/m0/s1. The molecule has 2 amide bonds. The van der Waals surface area contributed by atoms with Crippen molar-refractivity contribution >= 4 is 63.8 Å². The molecule has 172 valence electrons. The first-order valence-electron chi connectivity index (χ1n) is 9.32. The van der Waals surface area contributed by atoms with Crippen LogP contribution in [0, 0.1) is 10.1 Å². The molecule has 1 fully saturated rings. The lowest BCUT2D eigenvalue weighted by Crippen LogP contribution is -2.42. The summed E-state index contributed by atoms with van der Waals surface area (Å²) in [5.74, 6) is -1.14. The van der Waals surface area contributed by atoms with Crippen LogP contribution in [0.1, 0.15) is 18.1 Å². The van der Waals surface area contributed by atoms with Crippen molar-refractivity contribution in [2.24, 2.45) is 0 Å². The number of benzene rings is 2. The van der Waals surface area contributed by atoms with E-state index in [-0.39, 0.29) is 33.0 Å². The van der Waals surface area contributed by atoms with Gasteiger partial charge >= 0.3 is 5.97 Å². The largest absolute Gasteiger partial charge is 0.486 e. The van der Waals surface area contributed by atoms with Crippen molar-refractivity contribution < 1.29 is 28.8 Å². The Bertz CT molecular complexity index is 1140. The summed E-state index contributed by atoms with van der Waals surface area (Å²) in [6.07, 6.45) is 1.44. The van der Waals surface area contributed by atoms with Gasteiger partial charge in [-0.2, -0.15) is 0 Å². The third-order valence-corrected chi connectivity index (χ3v) is 6.05. The van der Waals surface area contributed by atoms with E-state index in [1.165, 1.54) is 44.4 Å². The Kier molecular flexibility index (Phi) is 7.62. The predicted molar refractivity (Wildman–Crippen MR) is 123 cm³/mol. The number of halogens is 2. The zero-order chi connectivity index (χ0) is 24.3. The Balaban J connectivity index is 1.76. The van der Waals surface area contributed by atoms with Crippen molar-refractivity contribution in [2.75, 3.05) is 7.11 Å². The van der Waals surface area contributed by atoms with E-state index >= 15 is 0 Å². The highest BCUT2D eigenvalue weighted by Crippen LogP contribution is 2.38. The Labute approximate surface area is 202 Å². The first-order chi connectivity index (χ1) is 15.6. The van der Waals surface area contributed by atoms with E-state index in [0.717, 1.165) is 4.90 Å². The van der Waals surface area contributed by atoms with Gasteiger partial charge < -0.3 is 9.47 Å². The van der Waals surface area contributed by atoms with Crippen molar-refractivity contribution in [1.29, 1.82) is 0 Å². The number of non-ortho nitro benzene ring substituents is 1. The molecule has 0 unspecified atom stereocenters. The van der Waals surface area contributed by atoms with Crippen LogP contribution in [0.3, 0.4) is 0 Å². The molecule has 0 aliphatic carbocycles. The third kappa shape index (κ3) is 5.47. The number of imide groups is 1. The molecule has 3 rings (SSSR count). The number of esters is 1. The fourth-order valence-corrected chi connectivity index (χ4v) is 4.43. The third-order valence-electron chi connectivity index (χ3n) is 4.60. The highest BCUT2D eigenvalue weighted by Gasteiger charge is 2.41. The van der Waals surface area contributed by atoms with E-state index in [0.29, 0.717) is 22.9 Å². The zero-order valence-electron chi connectivity index (χ0n) is 17.2. The monoisotopic (exact) mass is 510 g/mol. The minimum atomic E-state index is -1.06. The number of hydrogen-bond acceptors (Lipinski definition) is 8. The minimum absolute atomic E-state index is 0.0374. The lowest BCUT2D eigenvalue weighted by Gasteiger charge is -2.18. The van der Waals surface area contributed by atoms with E-state index in [9.17, 15) is 24.5 Å². The lowest BCUT2D eigenvalue weighted by molar-refractivity contribution is -0.384. The minimum Gasteiger partial charge on any atom is -0.486 e. The van der Waals surface area contributed by atoms with Crippen LogP contribution < -0.4 is 4.74 Å². The number of ether oxygens (including phenoxy) is 2. The summed E-state index contributed by atoms with van der Waals surface area (Å²) >= 11 is 13.3. The first kappa shape index (κ1) is 24.6. The number of amides is 2. The first-order valence-corrected chi connectivity index (χ1v) is 10.9. The van der Waals surface area contributed by atoms with Crippen molar-refractivity contribution in [3.05, 3.63) is 72.6 Å². The van der Waals surface area contributed by atoms with Gasteiger partial charge in [-0.15, -0.1) is 0 Å². The zero-order valence-corrected chi connectivity index (χ0v) is 19.6. The van der Waals surface area contributed by atoms with Crippen LogP contribution in [-0.4, -0.2) is 40.1 Å². The summed E-state index contributed by atoms with van der Waals surface area (Å²) in [6.45, 7) is 1.47. The number of carbonyl (C=O) groups is 3. The normalized spacial score (nSPS) is 15.6. The molecule has 1 saturated heterocycles. The summed E-state index contributed by atoms with van der Waals surface area (Å²) in [5.41, 5.74) is 1.08. The highest BCUT2D eigenvalue weighted by atomic mass is 35.5. The maximum absolute atomic E-state index is 12.6. The average molecular weight is 511 g/mol. The van der Waals surface area contributed by atoms with Crippen molar-refractivity contribution in [2.45, 2.75) is 19.6 Å². The van der Waals surface area contributed by atoms with Gasteiger partial charge in [0.2, 0.25) is 0 Å². The van der Waals surface area contributed by atoms with Crippen molar-refractivity contribution in [3.8, 4) is 5.75 Å². The Hall–Kier alpha value is -3.08. The van der Waals surface area contributed by atoms with Crippen LogP contribution in [-0.2, 0) is 20.9 Å². The molecule has 0 aromatic heterocycles. The van der Waals surface area contributed by atoms with Gasteiger partial charge in [-0.3, -0.25) is 24.6 Å². The molecular formula is C21H16Cl2N2O7S. The maximum atomic E-state index is 12.6. The molecule has 1 aliphatic heterocycles. The number of nitrogens with zero attached hydrogens (tertiary/aromatic N) is 2. The molecule has 0 saturated carbocycles. The highest BCUT2D eigenvalue weighted by molar-refractivity contribution is 8.18. The number of nitro benzene ring substituents is 1. The fraction of sp³-hybridized carbons (Fsp3) is 0.190. The number of methoxy groups -OCH3 is 1. The second-order valence-corrected chi connectivity index (χ2v) is 8.58. The van der Waals surface area contributed by atoms with Gasteiger partial charge in [0, 0.05) is 12.1 Å². The van der Waals surface area contributed by atoms with Gasteiger partial charge in [-0.1, -0.05) is 23.2 Å². The van der Waals surface area contributed by atoms with E-state index in [2.05, 4.69) is 4.74 Å². The van der Waals surface area contributed by atoms with E-state index < -0.39 is 28.1 Å². The van der Waals surface area contributed by atoms with Gasteiger partial charge in [0.05, 0.1) is 27.0 Å². The van der Waals surface area contributed by atoms with E-state index in [1.54, 1.807) is 12.1 Å². The summed E-state index contributed by atoms with van der Waals surface area (Å²) in [7, 11) is 1.17. The molecule has 0 spiro atoms. The lowest BCUT2D eigenvalue weighted by atomic mass is 10.2. The van der Waals surface area contributed by atoms with Gasteiger partial charge in [-0.25, -0.2) is 4.79 Å². The van der Waals surface area contributed by atoms with Crippen LogP contribution >= 0.6 is 35.0 Å². The molecule has 9 nitrogen and oxygen atoms in total. The topological polar surface area (TPSA) is 116 Å². The Morgan fingerprint density at radius 1 is 1.21 bits per heavy atom. The molecule has 0 bridgehead atoms. The van der Waals surface area contributed by atoms with Crippen LogP contribution in [0.5, 0.6) is 5.75 Å². The maximum Gasteiger partial charge on any atom is 0.328 e. The summed E-state index contributed by atoms with van der Waals surface area (Å²) in [4.78, 5) is 47.7. The molecule has 2 aromatic carbocycles. The summed E-state index contributed by atoms with van der Waals surface area (Å²) in [6, 6.07) is 7.79. The van der Waals surface area contributed by atoms with E-state index in [1.807, 2.05) is 0 Å². The van der Waals surface area contributed by atoms with Crippen molar-refractivity contribution in [3.63, 3.8) is 0 Å². The SMILES string of the molecule is COC(=O)[C@H](C)N1C(=O)S/C(=C/c2cc(Cl)c(OCc3ccc([N+](=O)[O-])cc3)c(Cl)c2)C1=O. The average Bonchev–Trinajstić information content (AvgIpc) is 3.05. The predicted octanol–water partition coefficient (Wildman–Crippen LogP) is 5.08. The number of thioether (sulfide) groups is 1. The van der Waals surface area contributed by atoms with Crippen LogP contribution in [0.2, 0.25) is 10.0 Å². The van der Waals surface area contributed by atoms with Gasteiger partial charge in [0.25, 0.3) is 16.8 Å². The molecule has 33 heavy (non-hydrogen) atoms. The quantitative estimate of drug-likeness (QED) is 0.219. The molecule has 0 N–H and O–H groups in total. The molecule has 0 radical (unpaired) electrons. The van der Waals surface area contributed by atoms with Crippen LogP contribution in [0.25, 0.3) is 6.08 Å². The number of hydrogen-bond donors (Lipinski definition) is 0. The molecule has 2 aromatic rings. The molecule has 1 aliphatic rings. The number of carbonyl (C=O) groups excluding carboxylic acids is 3. The Morgan fingerprint density at radius 3 is 2.36 bits per heavy atom. The van der Waals surface area contributed by atoms with Gasteiger partial charge in [-0.05, 0) is 60.2 Å². The molecule has 12 heteroatoms. The molecule has 1 atom stereocenters. The smallest absolute Gasteiger partial charge is 0.328 e. The number of rotatable bonds is 7.